The monoisotopic (exact) mass is 246 g/mol. The van der Waals surface area contributed by atoms with Gasteiger partial charge >= 0.3 is 46.8 Å². The SMILES string of the molecule is O.O.O.O.O.O.O[Si](O)(O)O.[Ca+2].[H-].[H-]. The van der Waals surface area contributed by atoms with Crippen LogP contribution in [0.25, 0.3) is 0 Å². The standard InChI is InChI=1S/Ca.H4O4Si.6H2O.2H/c;1-5(2,3)4;;;;;;;;/h;1-4H;6*1H2;;/q+2;;;;;;;;2*-1. The van der Waals surface area contributed by atoms with Gasteiger partial charge in [0.2, 0.25) is 0 Å². The Labute approximate surface area is 101 Å². The van der Waals surface area contributed by atoms with E-state index in [0.717, 1.165) is 0 Å². The number of rotatable bonds is 0. The molecule has 0 unspecified atom stereocenters. The van der Waals surface area contributed by atoms with Crippen LogP contribution in [0.5, 0.6) is 0 Å². The molecule has 0 aliphatic carbocycles. The molecule has 0 saturated carbocycles. The third-order valence-corrected chi connectivity index (χ3v) is 0. The summed E-state index contributed by atoms with van der Waals surface area (Å²) in [5.41, 5.74) is 0. The Hall–Kier alpha value is 1.08. The summed E-state index contributed by atoms with van der Waals surface area (Å²) in [5, 5.41) is 0. The second-order valence-electron chi connectivity index (χ2n) is 0.600. The maximum absolute atomic E-state index is 7.33. The molecule has 0 atom stereocenters. The van der Waals surface area contributed by atoms with Gasteiger partial charge < -0.3 is 54.9 Å². The Balaban J connectivity index is -0.00000000222. The van der Waals surface area contributed by atoms with Gasteiger partial charge in [-0.2, -0.15) is 0 Å². The van der Waals surface area contributed by atoms with Crippen LogP contribution in [-0.4, -0.2) is 98.8 Å². The molecular weight excluding hydrogens is 228 g/mol. The Morgan fingerprint density at radius 2 is 0.583 bits per heavy atom. The van der Waals surface area contributed by atoms with Crippen LogP contribution in [0.4, 0.5) is 0 Å². The summed E-state index contributed by atoms with van der Waals surface area (Å²) in [7, 11) is -4.61. The van der Waals surface area contributed by atoms with Crippen LogP contribution in [0.3, 0.4) is 0 Å². The van der Waals surface area contributed by atoms with Gasteiger partial charge in [-0.05, 0) is 0 Å². The van der Waals surface area contributed by atoms with E-state index in [1.807, 2.05) is 0 Å². The largest absolute Gasteiger partial charge is 2.00 e. The van der Waals surface area contributed by atoms with E-state index in [1.54, 1.807) is 0 Å². The summed E-state index contributed by atoms with van der Waals surface area (Å²) in [4.78, 5) is 29.3. The van der Waals surface area contributed by atoms with Crippen molar-refractivity contribution in [3.8, 4) is 0 Å². The van der Waals surface area contributed by atoms with Crippen LogP contribution in [0, 0.1) is 0 Å². The van der Waals surface area contributed by atoms with Crippen molar-refractivity contribution < 1.29 is 54.9 Å². The molecule has 0 bridgehead atoms. The fraction of sp³-hybridized carbons (Fsp3) is 0. The van der Waals surface area contributed by atoms with E-state index in [-0.39, 0.29) is 73.4 Å². The molecule has 0 rings (SSSR count). The number of hydrogen-bond acceptors (Lipinski definition) is 4. The fourth-order valence-corrected chi connectivity index (χ4v) is 0. The zero-order chi connectivity index (χ0) is 4.50. The molecule has 10 nitrogen and oxygen atoms in total. The van der Waals surface area contributed by atoms with E-state index in [0.29, 0.717) is 0 Å². The smallest absolute Gasteiger partial charge is 1.00 e. The predicted octanol–water partition coefficient (Wildman–Crippen LogP) is -7.71. The molecule has 0 amide bonds. The van der Waals surface area contributed by atoms with Crippen LogP contribution in [-0.2, 0) is 0 Å². The molecule has 0 heterocycles. The van der Waals surface area contributed by atoms with E-state index in [4.69, 9.17) is 19.2 Å². The van der Waals surface area contributed by atoms with Gasteiger partial charge in [-0.25, -0.2) is 0 Å². The normalized spacial score (nSPS) is 5.00. The van der Waals surface area contributed by atoms with Gasteiger partial charge in [0.15, 0.2) is 0 Å². The quantitative estimate of drug-likeness (QED) is 0.303. The Morgan fingerprint density at radius 3 is 0.583 bits per heavy atom. The molecule has 84 valence electrons. The van der Waals surface area contributed by atoms with Crippen LogP contribution in [0.2, 0.25) is 0 Å². The van der Waals surface area contributed by atoms with E-state index in [2.05, 4.69) is 0 Å². The number of hydrogen-bond donors (Lipinski definition) is 4. The van der Waals surface area contributed by atoms with Crippen molar-refractivity contribution in [3.05, 3.63) is 0 Å². The average molecular weight is 246 g/mol. The maximum atomic E-state index is 7.33. The first-order valence-electron chi connectivity index (χ1n) is 0.894. The summed E-state index contributed by atoms with van der Waals surface area (Å²) >= 11 is 0. The molecule has 0 saturated heterocycles. The van der Waals surface area contributed by atoms with Crippen molar-refractivity contribution >= 4 is 46.8 Å². The van der Waals surface area contributed by atoms with Crippen molar-refractivity contribution in [3.63, 3.8) is 0 Å². The van der Waals surface area contributed by atoms with E-state index >= 15 is 0 Å². The van der Waals surface area contributed by atoms with Crippen molar-refractivity contribution in [1.82, 2.24) is 0 Å². The summed E-state index contributed by atoms with van der Waals surface area (Å²) in [5.74, 6) is 0. The molecule has 16 N–H and O–H groups in total. The van der Waals surface area contributed by atoms with Crippen molar-refractivity contribution in [1.29, 1.82) is 0 Å². The molecule has 0 fully saturated rings. The minimum atomic E-state index is -4.61. The second kappa shape index (κ2) is 29.6. The van der Waals surface area contributed by atoms with Crippen LogP contribution < -0.4 is 0 Å². The Kier molecular flexibility index (Phi) is 182. The van der Waals surface area contributed by atoms with E-state index in [9.17, 15) is 0 Å². The molecule has 12 heteroatoms. The van der Waals surface area contributed by atoms with Crippen molar-refractivity contribution in [2.75, 3.05) is 0 Å². The molecule has 0 aromatic rings. The molecule has 0 aliphatic heterocycles. The molecule has 0 aromatic heterocycles. The summed E-state index contributed by atoms with van der Waals surface area (Å²) in [6, 6.07) is 0. The molecule has 0 aromatic carbocycles. The third kappa shape index (κ3) is 970. The van der Waals surface area contributed by atoms with Gasteiger partial charge in [-0.15, -0.1) is 0 Å². The van der Waals surface area contributed by atoms with Gasteiger partial charge in [0.05, 0.1) is 0 Å². The first kappa shape index (κ1) is 74.0. The Bertz CT molecular complexity index is 33.6. The average Bonchev–Trinajstić information content (AvgIpc) is 0.722. The van der Waals surface area contributed by atoms with Crippen molar-refractivity contribution in [2.24, 2.45) is 0 Å². The summed E-state index contributed by atoms with van der Waals surface area (Å²) in [6.07, 6.45) is 0. The molecule has 0 spiro atoms. The minimum Gasteiger partial charge on any atom is -1.00 e. The first-order valence-corrected chi connectivity index (χ1v) is 2.68. The van der Waals surface area contributed by atoms with Crippen LogP contribution in [0.15, 0.2) is 0 Å². The van der Waals surface area contributed by atoms with Crippen LogP contribution in [0.1, 0.15) is 2.85 Å². The zero-order valence-corrected chi connectivity index (χ0v) is 9.20. The molecule has 12 heavy (non-hydrogen) atoms. The second-order valence-corrected chi connectivity index (χ2v) is 1.80. The minimum absolute atomic E-state index is 0. The summed E-state index contributed by atoms with van der Waals surface area (Å²) in [6.45, 7) is 0. The first-order chi connectivity index (χ1) is 2.00. The summed E-state index contributed by atoms with van der Waals surface area (Å²) < 4.78 is 0. The van der Waals surface area contributed by atoms with Gasteiger partial charge in [-0.1, -0.05) is 0 Å². The predicted molar refractivity (Wildman–Crippen MR) is 44.3 cm³/mol. The maximum Gasteiger partial charge on any atom is 2.00 e. The molecular formula is H18CaO10Si. The van der Waals surface area contributed by atoms with Gasteiger partial charge in [0.25, 0.3) is 0 Å². The molecule has 0 radical (unpaired) electrons. The van der Waals surface area contributed by atoms with Crippen molar-refractivity contribution in [2.45, 2.75) is 0 Å². The van der Waals surface area contributed by atoms with Gasteiger partial charge in [-0.3, -0.25) is 0 Å². The third-order valence-electron chi connectivity index (χ3n) is 0. The fourth-order valence-electron chi connectivity index (χ4n) is 0. The van der Waals surface area contributed by atoms with E-state index < -0.39 is 9.05 Å². The molecule has 0 aliphatic rings. The Morgan fingerprint density at radius 1 is 0.583 bits per heavy atom. The van der Waals surface area contributed by atoms with Gasteiger partial charge in [0.1, 0.15) is 0 Å². The zero-order valence-electron chi connectivity index (χ0n) is 8.00. The van der Waals surface area contributed by atoms with E-state index in [1.165, 1.54) is 0 Å². The topological polar surface area (TPSA) is 270 Å². The van der Waals surface area contributed by atoms with Crippen LogP contribution >= 0.6 is 0 Å². The van der Waals surface area contributed by atoms with Gasteiger partial charge in [0, 0.05) is 0 Å².